The van der Waals surface area contributed by atoms with Crippen molar-refractivity contribution in [3.63, 3.8) is 0 Å². The topological polar surface area (TPSA) is 65.3 Å². The molecule has 6 heteroatoms. The van der Waals surface area contributed by atoms with Gasteiger partial charge in [0.1, 0.15) is 11.5 Å². The highest BCUT2D eigenvalue weighted by Gasteiger charge is 2.12. The molecule has 3 aromatic rings. The van der Waals surface area contributed by atoms with Crippen molar-refractivity contribution in [2.24, 2.45) is 5.73 Å². The molecule has 0 saturated heterocycles. The first kappa shape index (κ1) is 14.5. The van der Waals surface area contributed by atoms with E-state index in [2.05, 4.69) is 5.10 Å². The monoisotopic (exact) mass is 300 g/mol. The lowest BCUT2D eigenvalue weighted by Gasteiger charge is -2.11. The second-order valence-corrected chi connectivity index (χ2v) is 5.06. The minimum absolute atomic E-state index is 0.184. The molecule has 0 atom stereocenters. The van der Waals surface area contributed by atoms with Gasteiger partial charge in [0.15, 0.2) is 0 Å². The van der Waals surface area contributed by atoms with Crippen molar-refractivity contribution in [3.05, 3.63) is 58.3 Å². The van der Waals surface area contributed by atoms with E-state index in [0.29, 0.717) is 25.2 Å². The second-order valence-electron chi connectivity index (χ2n) is 5.06. The Labute approximate surface area is 126 Å². The highest BCUT2D eigenvalue weighted by molar-refractivity contribution is 5.64. The summed E-state index contributed by atoms with van der Waals surface area (Å²) in [5.41, 5.74) is 8.46. The number of rotatable bonds is 4. The van der Waals surface area contributed by atoms with Crippen molar-refractivity contribution < 1.29 is 4.39 Å². The first-order valence-corrected chi connectivity index (χ1v) is 7.22. The summed E-state index contributed by atoms with van der Waals surface area (Å²) < 4.78 is 16.4. The van der Waals surface area contributed by atoms with E-state index in [1.165, 1.54) is 16.6 Å². The molecule has 2 heterocycles. The summed E-state index contributed by atoms with van der Waals surface area (Å²) in [6.07, 6.45) is 0.636. The van der Waals surface area contributed by atoms with E-state index in [1.807, 2.05) is 17.6 Å². The molecule has 0 saturated carbocycles. The van der Waals surface area contributed by atoms with Crippen molar-refractivity contribution in [2.75, 3.05) is 6.54 Å². The third kappa shape index (κ3) is 2.42. The molecule has 114 valence electrons. The van der Waals surface area contributed by atoms with Crippen LogP contribution in [-0.4, -0.2) is 20.7 Å². The van der Waals surface area contributed by atoms with Crippen molar-refractivity contribution >= 4 is 5.65 Å². The Morgan fingerprint density at radius 2 is 1.95 bits per heavy atom. The maximum atomic E-state index is 13.0. The molecule has 0 fully saturated rings. The molecule has 1 aromatic carbocycles. The normalized spacial score (nSPS) is 11.2. The molecule has 3 rings (SSSR count). The van der Waals surface area contributed by atoms with Crippen LogP contribution >= 0.6 is 0 Å². The second kappa shape index (κ2) is 5.73. The number of nitrogens with zero attached hydrogens (tertiary/aromatic N) is 3. The van der Waals surface area contributed by atoms with Gasteiger partial charge in [-0.3, -0.25) is 4.79 Å². The molecular weight excluding hydrogens is 283 g/mol. The van der Waals surface area contributed by atoms with Crippen LogP contribution in [-0.2, 0) is 13.0 Å². The predicted molar refractivity (Wildman–Crippen MR) is 83.3 cm³/mol. The van der Waals surface area contributed by atoms with E-state index in [0.717, 1.165) is 16.9 Å². The van der Waals surface area contributed by atoms with Crippen molar-refractivity contribution in [1.29, 1.82) is 0 Å². The minimum atomic E-state index is -0.300. The molecule has 0 aliphatic heterocycles. The fourth-order valence-corrected chi connectivity index (χ4v) is 2.64. The Morgan fingerprint density at radius 3 is 2.59 bits per heavy atom. The molecule has 0 amide bonds. The summed E-state index contributed by atoms with van der Waals surface area (Å²) in [6.45, 7) is 3.21. The minimum Gasteiger partial charge on any atom is -0.330 e. The molecule has 0 radical (unpaired) electrons. The van der Waals surface area contributed by atoms with Crippen LogP contribution in [0.1, 0.15) is 12.6 Å². The molecule has 2 aromatic heterocycles. The van der Waals surface area contributed by atoms with E-state index in [9.17, 15) is 9.18 Å². The van der Waals surface area contributed by atoms with Crippen LogP contribution in [0.5, 0.6) is 0 Å². The summed E-state index contributed by atoms with van der Waals surface area (Å²) in [6, 6.07) is 9.48. The number of benzene rings is 1. The standard InChI is InChI=1S/C16H17FN4O/c1-2-20-13(7-8-18)9-16(22)21-15(20)10-14(19-21)11-3-5-12(17)6-4-11/h3-6,9-10H,2,7-8,18H2,1H3. The van der Waals surface area contributed by atoms with Crippen molar-refractivity contribution in [2.45, 2.75) is 19.9 Å². The average molecular weight is 300 g/mol. The number of halogens is 1. The van der Waals surface area contributed by atoms with Gasteiger partial charge in [-0.25, -0.2) is 4.39 Å². The molecule has 0 spiro atoms. The first-order chi connectivity index (χ1) is 10.6. The quantitative estimate of drug-likeness (QED) is 0.799. The summed E-state index contributed by atoms with van der Waals surface area (Å²) >= 11 is 0. The number of hydrogen-bond acceptors (Lipinski definition) is 3. The van der Waals surface area contributed by atoms with Crippen LogP contribution in [0.2, 0.25) is 0 Å². The van der Waals surface area contributed by atoms with E-state index in [4.69, 9.17) is 5.73 Å². The van der Waals surface area contributed by atoms with Crippen LogP contribution in [0, 0.1) is 5.82 Å². The molecule has 0 bridgehead atoms. The van der Waals surface area contributed by atoms with Crippen LogP contribution in [0.15, 0.2) is 41.2 Å². The SMILES string of the molecule is CCn1c(CCN)cc(=O)n2nc(-c3ccc(F)cc3)cc12. The predicted octanol–water partition coefficient (Wildman–Crippen LogP) is 1.82. The van der Waals surface area contributed by atoms with Crippen LogP contribution < -0.4 is 11.3 Å². The molecule has 0 aliphatic rings. The number of fused-ring (bicyclic) bond motifs is 1. The molecule has 22 heavy (non-hydrogen) atoms. The summed E-state index contributed by atoms with van der Waals surface area (Å²) in [7, 11) is 0. The Hall–Kier alpha value is -2.47. The highest BCUT2D eigenvalue weighted by atomic mass is 19.1. The zero-order valence-corrected chi connectivity index (χ0v) is 12.3. The van der Waals surface area contributed by atoms with Crippen molar-refractivity contribution in [1.82, 2.24) is 14.2 Å². The molecular formula is C16H17FN4O. The van der Waals surface area contributed by atoms with Gasteiger partial charge in [-0.05, 0) is 37.7 Å². The van der Waals surface area contributed by atoms with Gasteiger partial charge in [0.2, 0.25) is 0 Å². The summed E-state index contributed by atoms with van der Waals surface area (Å²) in [4.78, 5) is 12.2. The van der Waals surface area contributed by atoms with Gasteiger partial charge in [0.25, 0.3) is 5.56 Å². The zero-order valence-electron chi connectivity index (χ0n) is 12.3. The average Bonchev–Trinajstić information content (AvgIpc) is 2.94. The van der Waals surface area contributed by atoms with E-state index >= 15 is 0 Å². The fraction of sp³-hybridized carbons (Fsp3) is 0.250. The summed E-state index contributed by atoms with van der Waals surface area (Å²) in [5.74, 6) is -0.300. The Bertz CT molecular complexity index is 864. The number of aryl methyl sites for hydroxylation is 1. The fourth-order valence-electron chi connectivity index (χ4n) is 2.64. The third-order valence-corrected chi connectivity index (χ3v) is 3.67. The highest BCUT2D eigenvalue weighted by Crippen LogP contribution is 2.20. The Kier molecular flexibility index (Phi) is 3.77. The smallest absolute Gasteiger partial charge is 0.274 e. The van der Waals surface area contributed by atoms with Gasteiger partial charge in [0, 0.05) is 36.4 Å². The third-order valence-electron chi connectivity index (χ3n) is 3.67. The molecule has 0 unspecified atom stereocenters. The Balaban J connectivity index is 2.22. The zero-order chi connectivity index (χ0) is 15.7. The lowest BCUT2D eigenvalue weighted by atomic mass is 10.1. The summed E-state index contributed by atoms with van der Waals surface area (Å²) in [5, 5.41) is 4.35. The van der Waals surface area contributed by atoms with Gasteiger partial charge >= 0.3 is 0 Å². The molecule has 0 aliphatic carbocycles. The maximum absolute atomic E-state index is 13.0. The lowest BCUT2D eigenvalue weighted by molar-refractivity contribution is 0.628. The maximum Gasteiger partial charge on any atom is 0.274 e. The van der Waals surface area contributed by atoms with Crippen LogP contribution in [0.25, 0.3) is 16.9 Å². The molecule has 5 nitrogen and oxygen atoms in total. The van der Waals surface area contributed by atoms with E-state index < -0.39 is 0 Å². The van der Waals surface area contributed by atoms with Gasteiger partial charge in [-0.2, -0.15) is 9.61 Å². The van der Waals surface area contributed by atoms with Gasteiger partial charge in [0.05, 0.1) is 5.69 Å². The number of nitrogens with two attached hydrogens (primary N) is 1. The molecule has 2 N–H and O–H groups in total. The van der Waals surface area contributed by atoms with E-state index in [-0.39, 0.29) is 11.4 Å². The van der Waals surface area contributed by atoms with Crippen molar-refractivity contribution in [3.8, 4) is 11.3 Å². The Morgan fingerprint density at radius 1 is 1.23 bits per heavy atom. The lowest BCUT2D eigenvalue weighted by Crippen LogP contribution is -2.22. The van der Waals surface area contributed by atoms with Crippen LogP contribution in [0.4, 0.5) is 4.39 Å². The van der Waals surface area contributed by atoms with Gasteiger partial charge < -0.3 is 10.3 Å². The van der Waals surface area contributed by atoms with Gasteiger partial charge in [-0.1, -0.05) is 0 Å². The van der Waals surface area contributed by atoms with Gasteiger partial charge in [-0.15, -0.1) is 0 Å². The van der Waals surface area contributed by atoms with E-state index in [1.54, 1.807) is 18.2 Å². The first-order valence-electron chi connectivity index (χ1n) is 7.22. The largest absolute Gasteiger partial charge is 0.330 e. The van der Waals surface area contributed by atoms with Crippen LogP contribution in [0.3, 0.4) is 0 Å². The number of aromatic nitrogens is 3. The number of hydrogen-bond donors (Lipinski definition) is 1.